The quantitative estimate of drug-likeness (QED) is 0.343. The van der Waals surface area contributed by atoms with Gasteiger partial charge in [0, 0.05) is 12.1 Å². The van der Waals surface area contributed by atoms with Gasteiger partial charge in [-0.25, -0.2) is 14.4 Å². The van der Waals surface area contributed by atoms with Gasteiger partial charge in [0.25, 0.3) is 5.69 Å². The molecule has 22 heavy (non-hydrogen) atoms. The van der Waals surface area contributed by atoms with Gasteiger partial charge in [-0.1, -0.05) is 0 Å². The van der Waals surface area contributed by atoms with Crippen molar-refractivity contribution >= 4 is 23.6 Å². The van der Waals surface area contributed by atoms with Crippen LogP contribution in [0.4, 0.5) is 5.69 Å². The van der Waals surface area contributed by atoms with E-state index in [0.717, 1.165) is 32.4 Å². The Kier molecular flexibility index (Phi) is 5.56. The normalized spacial score (nSPS) is 11.2. The summed E-state index contributed by atoms with van der Waals surface area (Å²) in [5, 5.41) is 10.8. The van der Waals surface area contributed by atoms with Crippen molar-refractivity contribution in [1.82, 2.24) is 0 Å². The van der Waals surface area contributed by atoms with Gasteiger partial charge in [-0.3, -0.25) is 10.1 Å². The molecular weight excluding hydrogens is 298 g/mol. The molecule has 0 bridgehead atoms. The number of carbonyl (C=O) groups is 3. The van der Waals surface area contributed by atoms with E-state index in [-0.39, 0.29) is 11.1 Å². The molecule has 1 rings (SSSR count). The summed E-state index contributed by atoms with van der Waals surface area (Å²) < 4.78 is 13.7. The van der Waals surface area contributed by atoms with Gasteiger partial charge < -0.3 is 14.2 Å². The van der Waals surface area contributed by atoms with Crippen molar-refractivity contribution < 1.29 is 33.5 Å². The molecule has 0 saturated carbocycles. The van der Waals surface area contributed by atoms with Crippen LogP contribution in [-0.2, 0) is 19.0 Å². The van der Waals surface area contributed by atoms with Gasteiger partial charge in [0.15, 0.2) is 6.10 Å². The molecule has 1 atom stereocenters. The van der Waals surface area contributed by atoms with Crippen LogP contribution in [0.25, 0.3) is 0 Å². The minimum absolute atomic E-state index is 0.186. The average molecular weight is 311 g/mol. The number of benzene rings is 1. The lowest BCUT2D eigenvalue weighted by Crippen LogP contribution is -2.25. The van der Waals surface area contributed by atoms with Gasteiger partial charge in [0.05, 0.1) is 30.3 Å². The second-order valence-electron chi connectivity index (χ2n) is 4.09. The lowest BCUT2D eigenvalue weighted by atomic mass is 10.1. The first-order valence-electron chi connectivity index (χ1n) is 5.96. The van der Waals surface area contributed by atoms with Gasteiger partial charge in [-0.2, -0.15) is 0 Å². The van der Waals surface area contributed by atoms with Crippen molar-refractivity contribution in [3.8, 4) is 0 Å². The number of rotatable bonds is 5. The van der Waals surface area contributed by atoms with Crippen LogP contribution in [-0.4, -0.2) is 43.2 Å². The number of carbonyl (C=O) groups excluding carboxylic acids is 3. The van der Waals surface area contributed by atoms with E-state index in [1.165, 1.54) is 6.92 Å². The molecule has 0 aliphatic carbocycles. The molecule has 0 saturated heterocycles. The SMILES string of the molecule is COC(=O)c1cc(C(=O)OC(C)C(=O)OC)cc([N+](=O)[O-])c1. The molecule has 0 aromatic heterocycles. The molecule has 0 amide bonds. The first-order chi connectivity index (χ1) is 10.3. The van der Waals surface area contributed by atoms with E-state index in [2.05, 4.69) is 9.47 Å². The summed E-state index contributed by atoms with van der Waals surface area (Å²) in [6, 6.07) is 2.97. The molecule has 1 aromatic carbocycles. The molecule has 0 radical (unpaired) electrons. The van der Waals surface area contributed by atoms with Crippen molar-refractivity contribution in [2.24, 2.45) is 0 Å². The van der Waals surface area contributed by atoms with Crippen LogP contribution in [0.15, 0.2) is 18.2 Å². The van der Waals surface area contributed by atoms with Gasteiger partial charge in [0.1, 0.15) is 0 Å². The van der Waals surface area contributed by atoms with E-state index in [9.17, 15) is 24.5 Å². The van der Waals surface area contributed by atoms with Crippen LogP contribution in [0, 0.1) is 10.1 Å². The lowest BCUT2D eigenvalue weighted by molar-refractivity contribution is -0.384. The lowest BCUT2D eigenvalue weighted by Gasteiger charge is -2.11. The smallest absolute Gasteiger partial charge is 0.346 e. The Morgan fingerprint density at radius 3 is 2.05 bits per heavy atom. The highest BCUT2D eigenvalue weighted by atomic mass is 16.6. The third-order valence-electron chi connectivity index (χ3n) is 2.60. The molecule has 0 spiro atoms. The van der Waals surface area contributed by atoms with Gasteiger partial charge in [-0.15, -0.1) is 0 Å². The molecule has 1 unspecified atom stereocenters. The first-order valence-corrected chi connectivity index (χ1v) is 5.96. The Labute approximate surface area is 124 Å². The first kappa shape index (κ1) is 17.1. The maximum atomic E-state index is 11.9. The van der Waals surface area contributed by atoms with E-state index in [4.69, 9.17) is 4.74 Å². The predicted molar refractivity (Wildman–Crippen MR) is 71.3 cm³/mol. The Bertz CT molecular complexity index is 624. The highest BCUT2D eigenvalue weighted by Gasteiger charge is 2.23. The molecule has 0 aliphatic heterocycles. The minimum atomic E-state index is -1.20. The molecule has 0 aliphatic rings. The number of hydrogen-bond acceptors (Lipinski definition) is 8. The Morgan fingerprint density at radius 2 is 1.59 bits per heavy atom. The summed E-state index contributed by atoms with van der Waals surface area (Å²) in [5.74, 6) is -2.64. The van der Waals surface area contributed by atoms with Crippen LogP contribution in [0.2, 0.25) is 0 Å². The second kappa shape index (κ2) is 7.16. The summed E-state index contributed by atoms with van der Waals surface area (Å²) in [7, 11) is 2.22. The van der Waals surface area contributed by atoms with E-state index < -0.39 is 34.6 Å². The second-order valence-corrected chi connectivity index (χ2v) is 4.09. The fraction of sp³-hybridized carbons (Fsp3) is 0.308. The molecule has 1 aromatic rings. The maximum Gasteiger partial charge on any atom is 0.346 e. The van der Waals surface area contributed by atoms with E-state index in [1.807, 2.05) is 0 Å². The van der Waals surface area contributed by atoms with E-state index >= 15 is 0 Å². The topological polar surface area (TPSA) is 122 Å². The van der Waals surface area contributed by atoms with Crippen molar-refractivity contribution in [2.45, 2.75) is 13.0 Å². The predicted octanol–water partition coefficient (Wildman–Crippen LogP) is 1.10. The molecule has 0 heterocycles. The number of hydrogen-bond donors (Lipinski definition) is 0. The Hall–Kier alpha value is -2.97. The zero-order chi connectivity index (χ0) is 16.9. The Morgan fingerprint density at radius 1 is 1.05 bits per heavy atom. The number of ether oxygens (including phenoxy) is 3. The highest BCUT2D eigenvalue weighted by molar-refractivity contribution is 5.97. The van der Waals surface area contributed by atoms with Crippen molar-refractivity contribution in [3.05, 3.63) is 39.4 Å². The number of methoxy groups -OCH3 is 2. The van der Waals surface area contributed by atoms with Crippen LogP contribution < -0.4 is 0 Å². The monoisotopic (exact) mass is 311 g/mol. The molecule has 9 heteroatoms. The highest BCUT2D eigenvalue weighted by Crippen LogP contribution is 2.19. The van der Waals surface area contributed by atoms with Gasteiger partial charge in [-0.05, 0) is 13.0 Å². The number of nitro benzene ring substituents is 1. The molecule has 0 fully saturated rings. The zero-order valence-electron chi connectivity index (χ0n) is 12.0. The summed E-state index contributed by atoms with van der Waals surface area (Å²) in [6.45, 7) is 1.28. The fourth-order valence-electron chi connectivity index (χ4n) is 1.51. The van der Waals surface area contributed by atoms with Crippen LogP contribution in [0.1, 0.15) is 27.6 Å². The number of esters is 3. The third kappa shape index (κ3) is 4.01. The third-order valence-corrected chi connectivity index (χ3v) is 2.60. The Balaban J connectivity index is 3.14. The standard InChI is InChI=1S/C13H13NO8/c1-7(11(15)20-2)22-13(17)9-4-8(12(16)21-3)5-10(6-9)14(18)19/h4-7H,1-3H3. The van der Waals surface area contributed by atoms with Crippen molar-refractivity contribution in [2.75, 3.05) is 14.2 Å². The number of nitrogens with zero attached hydrogens (tertiary/aromatic N) is 1. The largest absolute Gasteiger partial charge is 0.466 e. The maximum absolute atomic E-state index is 11.9. The van der Waals surface area contributed by atoms with Crippen molar-refractivity contribution in [1.29, 1.82) is 0 Å². The van der Waals surface area contributed by atoms with Crippen LogP contribution >= 0.6 is 0 Å². The molecule has 0 N–H and O–H groups in total. The molecule has 118 valence electrons. The summed E-state index contributed by atoms with van der Waals surface area (Å²) >= 11 is 0. The molecular formula is C13H13NO8. The summed E-state index contributed by atoms with van der Waals surface area (Å²) in [4.78, 5) is 44.6. The van der Waals surface area contributed by atoms with E-state index in [0.29, 0.717) is 0 Å². The fourth-order valence-corrected chi connectivity index (χ4v) is 1.51. The zero-order valence-corrected chi connectivity index (χ0v) is 12.0. The average Bonchev–Trinajstić information content (AvgIpc) is 2.52. The van der Waals surface area contributed by atoms with Crippen molar-refractivity contribution in [3.63, 3.8) is 0 Å². The summed E-state index contributed by atoms with van der Waals surface area (Å²) in [5.41, 5.74) is -0.930. The van der Waals surface area contributed by atoms with E-state index in [1.54, 1.807) is 0 Å². The number of non-ortho nitro benzene ring substituents is 1. The minimum Gasteiger partial charge on any atom is -0.466 e. The summed E-state index contributed by atoms with van der Waals surface area (Å²) in [6.07, 6.45) is -1.20. The van der Waals surface area contributed by atoms with Crippen LogP contribution in [0.3, 0.4) is 0 Å². The van der Waals surface area contributed by atoms with Gasteiger partial charge >= 0.3 is 17.9 Å². The number of nitro groups is 1. The van der Waals surface area contributed by atoms with Gasteiger partial charge in [0.2, 0.25) is 0 Å². The molecule has 9 nitrogen and oxygen atoms in total. The van der Waals surface area contributed by atoms with Crippen LogP contribution in [0.5, 0.6) is 0 Å².